The van der Waals surface area contributed by atoms with Gasteiger partial charge in [-0.1, -0.05) is 127 Å². The van der Waals surface area contributed by atoms with Crippen LogP contribution >= 0.6 is 0 Å². The fourth-order valence-corrected chi connectivity index (χ4v) is 5.30. The van der Waals surface area contributed by atoms with Crippen molar-refractivity contribution in [2.75, 3.05) is 5.01 Å². The van der Waals surface area contributed by atoms with Crippen molar-refractivity contribution in [3.63, 3.8) is 0 Å². The van der Waals surface area contributed by atoms with Gasteiger partial charge in [-0.05, 0) is 46.5 Å². The van der Waals surface area contributed by atoms with Crippen LogP contribution in [0.25, 0.3) is 34.9 Å². The standard InChI is InChI=1S/C38H29N3O/c1-4-10-30(11-5-1)35-26-36(31-12-6-2-7-13-31)41(40-35)34-24-20-29(21-25-34)17-16-28-18-22-33(23-19-28)38-39-27-37(42-38)32-14-8-3-9-15-32/h1-25,27,36H,26H2. The van der Waals surface area contributed by atoms with Crippen molar-refractivity contribution in [1.82, 2.24) is 4.98 Å². The topological polar surface area (TPSA) is 41.6 Å². The number of oxazole rings is 1. The minimum absolute atomic E-state index is 0.161. The van der Waals surface area contributed by atoms with Gasteiger partial charge in [-0.25, -0.2) is 4.98 Å². The molecule has 4 nitrogen and oxygen atoms in total. The Kier molecular flexibility index (Phi) is 7.01. The predicted molar refractivity (Wildman–Crippen MR) is 172 cm³/mol. The highest BCUT2D eigenvalue weighted by Gasteiger charge is 2.29. The van der Waals surface area contributed by atoms with Crippen LogP contribution in [0.5, 0.6) is 0 Å². The monoisotopic (exact) mass is 543 g/mol. The van der Waals surface area contributed by atoms with Crippen LogP contribution < -0.4 is 5.01 Å². The van der Waals surface area contributed by atoms with Gasteiger partial charge in [0.25, 0.3) is 0 Å². The van der Waals surface area contributed by atoms with E-state index in [0.29, 0.717) is 5.89 Å². The number of hydrogen-bond donors (Lipinski definition) is 0. The molecule has 0 bridgehead atoms. The second-order valence-corrected chi connectivity index (χ2v) is 10.3. The molecule has 1 atom stereocenters. The molecule has 0 saturated heterocycles. The zero-order valence-corrected chi connectivity index (χ0v) is 23.0. The summed E-state index contributed by atoms with van der Waals surface area (Å²) in [6.07, 6.45) is 6.90. The normalized spacial score (nSPS) is 14.8. The number of benzene rings is 5. The first kappa shape index (κ1) is 25.5. The molecule has 5 aromatic carbocycles. The number of aromatic nitrogens is 1. The molecule has 2 heterocycles. The van der Waals surface area contributed by atoms with Crippen LogP contribution in [0, 0.1) is 0 Å². The average Bonchev–Trinajstić information content (AvgIpc) is 3.75. The molecule has 7 rings (SSSR count). The fourth-order valence-electron chi connectivity index (χ4n) is 5.30. The maximum Gasteiger partial charge on any atom is 0.226 e. The first-order chi connectivity index (χ1) is 20.8. The van der Waals surface area contributed by atoms with Crippen molar-refractivity contribution in [1.29, 1.82) is 0 Å². The molecule has 42 heavy (non-hydrogen) atoms. The molecule has 4 heteroatoms. The van der Waals surface area contributed by atoms with E-state index in [-0.39, 0.29) is 6.04 Å². The van der Waals surface area contributed by atoms with E-state index in [2.05, 4.69) is 113 Å². The lowest BCUT2D eigenvalue weighted by Gasteiger charge is -2.24. The second-order valence-electron chi connectivity index (χ2n) is 10.3. The number of hydrazone groups is 1. The molecule has 0 N–H and O–H groups in total. The Balaban J connectivity index is 1.07. The van der Waals surface area contributed by atoms with Gasteiger partial charge in [-0.3, -0.25) is 5.01 Å². The van der Waals surface area contributed by atoms with Crippen LogP contribution in [0.15, 0.2) is 155 Å². The molecular weight excluding hydrogens is 514 g/mol. The third-order valence-corrected chi connectivity index (χ3v) is 7.55. The Morgan fingerprint density at radius 3 is 1.81 bits per heavy atom. The first-order valence-corrected chi connectivity index (χ1v) is 14.2. The van der Waals surface area contributed by atoms with Crippen LogP contribution in [0.2, 0.25) is 0 Å². The van der Waals surface area contributed by atoms with Crippen molar-refractivity contribution < 1.29 is 4.42 Å². The van der Waals surface area contributed by atoms with Crippen LogP contribution in [0.3, 0.4) is 0 Å². The molecule has 6 aromatic rings. The number of rotatable bonds is 7. The maximum absolute atomic E-state index is 6.00. The molecule has 202 valence electrons. The zero-order chi connectivity index (χ0) is 28.1. The summed E-state index contributed by atoms with van der Waals surface area (Å²) < 4.78 is 6.00. The lowest BCUT2D eigenvalue weighted by Crippen LogP contribution is -2.18. The molecule has 0 radical (unpaired) electrons. The zero-order valence-electron chi connectivity index (χ0n) is 23.0. The molecule has 1 unspecified atom stereocenters. The predicted octanol–water partition coefficient (Wildman–Crippen LogP) is 9.53. The van der Waals surface area contributed by atoms with E-state index in [0.717, 1.165) is 45.8 Å². The Morgan fingerprint density at radius 1 is 0.595 bits per heavy atom. The maximum atomic E-state index is 6.00. The van der Waals surface area contributed by atoms with E-state index in [9.17, 15) is 0 Å². The second kappa shape index (κ2) is 11.6. The van der Waals surface area contributed by atoms with Crippen molar-refractivity contribution in [3.05, 3.63) is 168 Å². The van der Waals surface area contributed by atoms with Gasteiger partial charge in [0, 0.05) is 17.5 Å². The van der Waals surface area contributed by atoms with Gasteiger partial charge < -0.3 is 4.42 Å². The smallest absolute Gasteiger partial charge is 0.226 e. The quantitative estimate of drug-likeness (QED) is 0.188. The summed E-state index contributed by atoms with van der Waals surface area (Å²) in [5.41, 5.74) is 8.84. The van der Waals surface area contributed by atoms with E-state index < -0.39 is 0 Å². The third-order valence-electron chi connectivity index (χ3n) is 7.55. The summed E-state index contributed by atoms with van der Waals surface area (Å²) in [7, 11) is 0. The van der Waals surface area contributed by atoms with E-state index in [4.69, 9.17) is 9.52 Å². The van der Waals surface area contributed by atoms with E-state index in [1.807, 2.05) is 48.5 Å². The van der Waals surface area contributed by atoms with Crippen molar-refractivity contribution in [2.24, 2.45) is 5.10 Å². The lowest BCUT2D eigenvalue weighted by molar-refractivity contribution is 0.589. The highest BCUT2D eigenvalue weighted by Crippen LogP contribution is 2.37. The number of anilines is 1. The van der Waals surface area contributed by atoms with Gasteiger partial charge in [-0.15, -0.1) is 0 Å². The molecule has 0 amide bonds. The highest BCUT2D eigenvalue weighted by molar-refractivity contribution is 6.03. The Morgan fingerprint density at radius 2 is 1.17 bits per heavy atom. The van der Waals surface area contributed by atoms with Crippen molar-refractivity contribution in [2.45, 2.75) is 12.5 Å². The minimum Gasteiger partial charge on any atom is -0.436 e. The van der Waals surface area contributed by atoms with Gasteiger partial charge in [0.15, 0.2) is 5.76 Å². The average molecular weight is 544 g/mol. The Hall–Kier alpha value is -5.48. The molecule has 0 aliphatic carbocycles. The summed E-state index contributed by atoms with van der Waals surface area (Å²) >= 11 is 0. The van der Waals surface area contributed by atoms with Gasteiger partial charge in [0.05, 0.1) is 23.6 Å². The molecule has 1 aliphatic heterocycles. The van der Waals surface area contributed by atoms with Crippen LogP contribution in [0.4, 0.5) is 5.69 Å². The van der Waals surface area contributed by atoms with Crippen molar-refractivity contribution >= 4 is 23.6 Å². The van der Waals surface area contributed by atoms with E-state index >= 15 is 0 Å². The summed E-state index contributed by atoms with van der Waals surface area (Å²) in [6.45, 7) is 0. The molecule has 0 saturated carbocycles. The van der Waals surface area contributed by atoms with Crippen LogP contribution in [-0.2, 0) is 0 Å². The fraction of sp³-hybridized carbons (Fsp3) is 0.0526. The summed E-state index contributed by atoms with van der Waals surface area (Å²) in [5, 5.41) is 7.24. The van der Waals surface area contributed by atoms with Crippen molar-refractivity contribution in [3.8, 4) is 22.8 Å². The van der Waals surface area contributed by atoms with Gasteiger partial charge >= 0.3 is 0 Å². The molecule has 1 aromatic heterocycles. The van der Waals surface area contributed by atoms with E-state index in [1.54, 1.807) is 6.20 Å². The van der Waals surface area contributed by atoms with Crippen LogP contribution in [0.1, 0.15) is 34.7 Å². The molecule has 0 fully saturated rings. The number of hydrogen-bond acceptors (Lipinski definition) is 4. The van der Waals surface area contributed by atoms with Crippen LogP contribution in [-0.4, -0.2) is 10.7 Å². The lowest BCUT2D eigenvalue weighted by atomic mass is 9.98. The summed E-state index contributed by atoms with van der Waals surface area (Å²) in [6, 6.07) is 48.2. The van der Waals surface area contributed by atoms with Gasteiger partial charge in [-0.2, -0.15) is 5.10 Å². The molecule has 1 aliphatic rings. The highest BCUT2D eigenvalue weighted by atomic mass is 16.4. The number of nitrogens with zero attached hydrogens (tertiary/aromatic N) is 3. The minimum atomic E-state index is 0.161. The molecular formula is C38H29N3O. The van der Waals surface area contributed by atoms with E-state index in [1.165, 1.54) is 11.1 Å². The van der Waals surface area contributed by atoms with Gasteiger partial charge in [0.2, 0.25) is 5.89 Å². The Bertz CT molecular complexity index is 1820. The third kappa shape index (κ3) is 5.43. The summed E-state index contributed by atoms with van der Waals surface area (Å²) in [4.78, 5) is 4.48. The van der Waals surface area contributed by atoms with Gasteiger partial charge in [0.1, 0.15) is 0 Å². The largest absolute Gasteiger partial charge is 0.436 e. The summed E-state index contributed by atoms with van der Waals surface area (Å²) in [5.74, 6) is 1.39. The SMILES string of the molecule is C(=Cc1ccc(N2N=C(c3ccccc3)CC2c2ccccc2)cc1)c1ccc(-c2ncc(-c3ccccc3)o2)cc1. The molecule has 0 spiro atoms. The Labute approximate surface area is 245 Å². The first-order valence-electron chi connectivity index (χ1n) is 14.2.